The number of piperidine rings is 1. The predicted molar refractivity (Wildman–Crippen MR) is 84.3 cm³/mol. The Kier molecular flexibility index (Phi) is 4.65. The van der Waals surface area contributed by atoms with Gasteiger partial charge in [0, 0.05) is 31.7 Å². The van der Waals surface area contributed by atoms with Crippen molar-refractivity contribution in [3.63, 3.8) is 0 Å². The third-order valence-corrected chi connectivity index (χ3v) is 5.22. The number of sulfonamides is 1. The zero-order valence-electron chi connectivity index (χ0n) is 13.0. The van der Waals surface area contributed by atoms with Crippen molar-refractivity contribution in [1.29, 1.82) is 0 Å². The average molecular weight is 339 g/mol. The molecular formula is C15H21N3O4S. The van der Waals surface area contributed by atoms with Gasteiger partial charge in [-0.15, -0.1) is 0 Å². The molecule has 23 heavy (non-hydrogen) atoms. The van der Waals surface area contributed by atoms with Crippen molar-refractivity contribution >= 4 is 15.9 Å². The van der Waals surface area contributed by atoms with Gasteiger partial charge in [-0.05, 0) is 24.5 Å². The number of nitrogens with zero attached hydrogens (tertiary/aromatic N) is 2. The largest absolute Gasteiger partial charge is 0.376 e. The van der Waals surface area contributed by atoms with E-state index in [1.807, 2.05) is 0 Å². The normalized spacial score (nSPS) is 27.7. The molecule has 126 valence electrons. The molecule has 2 saturated heterocycles. The number of fused-ring (bicyclic) bond motifs is 1. The number of pyridine rings is 1. The first-order chi connectivity index (χ1) is 10.9. The van der Waals surface area contributed by atoms with Crippen molar-refractivity contribution in [3.05, 3.63) is 30.1 Å². The summed E-state index contributed by atoms with van der Waals surface area (Å²) in [7, 11) is -3.24. The lowest BCUT2D eigenvalue weighted by atomic mass is 9.84. The van der Waals surface area contributed by atoms with Crippen molar-refractivity contribution in [3.8, 4) is 0 Å². The van der Waals surface area contributed by atoms with Gasteiger partial charge in [0.15, 0.2) is 0 Å². The van der Waals surface area contributed by atoms with Gasteiger partial charge >= 0.3 is 0 Å². The second-order valence-corrected chi connectivity index (χ2v) is 8.00. The average Bonchev–Trinajstić information content (AvgIpc) is 2.94. The van der Waals surface area contributed by atoms with Crippen LogP contribution in [0.4, 0.5) is 0 Å². The minimum absolute atomic E-state index is 0.0780. The Balaban J connectivity index is 1.66. The second-order valence-electron chi connectivity index (χ2n) is 6.17. The number of hydrogen-bond acceptors (Lipinski definition) is 5. The molecule has 2 aliphatic heterocycles. The van der Waals surface area contributed by atoms with Crippen LogP contribution in [0.15, 0.2) is 24.4 Å². The number of nitrogens with one attached hydrogen (secondary N) is 1. The lowest BCUT2D eigenvalue weighted by Gasteiger charge is -2.35. The second kappa shape index (κ2) is 6.54. The van der Waals surface area contributed by atoms with Crippen LogP contribution in [-0.2, 0) is 14.8 Å². The van der Waals surface area contributed by atoms with E-state index >= 15 is 0 Å². The lowest BCUT2D eigenvalue weighted by Crippen LogP contribution is -2.47. The Morgan fingerprint density at radius 3 is 3.00 bits per heavy atom. The number of likely N-dealkylation sites (tertiary alicyclic amines) is 1. The summed E-state index contributed by atoms with van der Waals surface area (Å²) in [6, 6.07) is 5.29. The zero-order valence-corrected chi connectivity index (χ0v) is 13.8. The van der Waals surface area contributed by atoms with Gasteiger partial charge in [0.2, 0.25) is 10.0 Å². The van der Waals surface area contributed by atoms with Crippen LogP contribution in [0.2, 0.25) is 0 Å². The molecule has 1 aromatic heterocycles. The highest BCUT2D eigenvalue weighted by atomic mass is 32.2. The zero-order chi connectivity index (χ0) is 16.4. The highest BCUT2D eigenvalue weighted by Gasteiger charge is 2.42. The van der Waals surface area contributed by atoms with E-state index in [1.54, 1.807) is 29.3 Å². The molecule has 1 amide bonds. The molecule has 7 nitrogen and oxygen atoms in total. The monoisotopic (exact) mass is 339 g/mol. The van der Waals surface area contributed by atoms with Crippen LogP contribution in [0.25, 0.3) is 0 Å². The molecule has 3 heterocycles. The fraction of sp³-hybridized carbons (Fsp3) is 0.600. The number of aromatic nitrogens is 1. The Hall–Kier alpha value is -1.51. The summed E-state index contributed by atoms with van der Waals surface area (Å²) in [5.41, 5.74) is 0.440. The molecule has 3 rings (SSSR count). The van der Waals surface area contributed by atoms with Crippen LogP contribution in [0, 0.1) is 11.8 Å². The summed E-state index contributed by atoms with van der Waals surface area (Å²) in [5, 5.41) is 0. The summed E-state index contributed by atoms with van der Waals surface area (Å²) in [5.74, 6) is 0.463. The molecule has 1 N–H and O–H groups in total. The van der Waals surface area contributed by atoms with Gasteiger partial charge in [-0.2, -0.15) is 0 Å². The topological polar surface area (TPSA) is 88.6 Å². The maximum Gasteiger partial charge on any atom is 0.272 e. The molecule has 0 radical (unpaired) electrons. The molecule has 0 bridgehead atoms. The minimum Gasteiger partial charge on any atom is -0.376 e. The molecule has 8 heteroatoms. The molecule has 0 saturated carbocycles. The van der Waals surface area contributed by atoms with Crippen molar-refractivity contribution in [1.82, 2.24) is 14.6 Å². The first-order valence-corrected chi connectivity index (χ1v) is 9.60. The van der Waals surface area contributed by atoms with E-state index in [-0.39, 0.29) is 24.5 Å². The van der Waals surface area contributed by atoms with E-state index in [4.69, 9.17) is 4.74 Å². The highest BCUT2D eigenvalue weighted by Crippen LogP contribution is 2.34. The molecular weight excluding hydrogens is 318 g/mol. The van der Waals surface area contributed by atoms with Crippen LogP contribution >= 0.6 is 0 Å². The van der Waals surface area contributed by atoms with E-state index in [1.165, 1.54) is 0 Å². The predicted octanol–water partition coefficient (Wildman–Crippen LogP) is 0.108. The molecule has 0 unspecified atom stereocenters. The first kappa shape index (κ1) is 16.4. The fourth-order valence-corrected chi connectivity index (χ4v) is 3.78. The van der Waals surface area contributed by atoms with Crippen molar-refractivity contribution in [2.24, 2.45) is 11.8 Å². The quantitative estimate of drug-likeness (QED) is 0.841. The van der Waals surface area contributed by atoms with Gasteiger partial charge < -0.3 is 9.64 Å². The maximum absolute atomic E-state index is 12.5. The summed E-state index contributed by atoms with van der Waals surface area (Å²) < 4.78 is 30.8. The summed E-state index contributed by atoms with van der Waals surface area (Å²) >= 11 is 0. The van der Waals surface area contributed by atoms with Crippen LogP contribution in [0.5, 0.6) is 0 Å². The fourth-order valence-electron chi connectivity index (χ4n) is 3.31. The Morgan fingerprint density at radius 1 is 1.48 bits per heavy atom. The van der Waals surface area contributed by atoms with Gasteiger partial charge in [0.25, 0.3) is 5.91 Å². The van der Waals surface area contributed by atoms with Crippen LogP contribution in [0.3, 0.4) is 0 Å². The van der Waals surface area contributed by atoms with Gasteiger partial charge in [-0.25, -0.2) is 13.1 Å². The lowest BCUT2D eigenvalue weighted by molar-refractivity contribution is 0.0558. The molecule has 3 atom stereocenters. The molecule has 2 fully saturated rings. The Bertz CT molecular complexity index is 665. The molecule has 0 aromatic carbocycles. The maximum atomic E-state index is 12.5. The molecule has 2 aliphatic rings. The highest BCUT2D eigenvalue weighted by molar-refractivity contribution is 7.88. The molecule has 0 aliphatic carbocycles. The van der Waals surface area contributed by atoms with E-state index < -0.39 is 10.0 Å². The Morgan fingerprint density at radius 2 is 2.30 bits per heavy atom. The van der Waals surface area contributed by atoms with Crippen LogP contribution in [0.1, 0.15) is 16.9 Å². The number of carbonyl (C=O) groups is 1. The van der Waals surface area contributed by atoms with Crippen molar-refractivity contribution in [2.75, 3.05) is 32.5 Å². The summed E-state index contributed by atoms with van der Waals surface area (Å²) in [6.45, 7) is 2.15. The smallest absolute Gasteiger partial charge is 0.272 e. The summed E-state index contributed by atoms with van der Waals surface area (Å²) in [6.07, 6.45) is 3.43. The number of amides is 1. The van der Waals surface area contributed by atoms with Crippen molar-refractivity contribution in [2.45, 2.75) is 12.5 Å². The van der Waals surface area contributed by atoms with Crippen LogP contribution < -0.4 is 4.72 Å². The molecule has 1 aromatic rings. The van der Waals surface area contributed by atoms with Gasteiger partial charge in [0.1, 0.15) is 5.69 Å². The number of ether oxygens (including phenoxy) is 1. The third-order valence-electron chi connectivity index (χ3n) is 4.53. The standard InChI is InChI=1S/C15H21N3O4S/c1-23(20,21)17-8-14-12-9-18(7-5-11(12)10-22-14)15(19)13-4-2-3-6-16-13/h2-4,6,11-12,14,17H,5,7-10H2,1H3/t11-,12-,14+/m1/s1. The van der Waals surface area contributed by atoms with E-state index in [9.17, 15) is 13.2 Å². The SMILES string of the molecule is CS(=O)(=O)NC[C@@H]1OC[C@H]2CCN(C(=O)c3ccccn3)C[C@H]21. The van der Waals surface area contributed by atoms with E-state index in [0.717, 1.165) is 12.7 Å². The number of hydrogen-bond donors (Lipinski definition) is 1. The van der Waals surface area contributed by atoms with E-state index in [2.05, 4.69) is 9.71 Å². The summed E-state index contributed by atoms with van der Waals surface area (Å²) in [4.78, 5) is 18.4. The first-order valence-electron chi connectivity index (χ1n) is 7.70. The van der Waals surface area contributed by atoms with Gasteiger partial charge in [-0.3, -0.25) is 9.78 Å². The number of rotatable bonds is 4. The minimum atomic E-state index is -3.24. The van der Waals surface area contributed by atoms with E-state index in [0.29, 0.717) is 31.3 Å². The molecule has 0 spiro atoms. The third kappa shape index (κ3) is 3.88. The van der Waals surface area contributed by atoms with Crippen LogP contribution in [-0.4, -0.2) is 62.8 Å². The van der Waals surface area contributed by atoms with Crippen molar-refractivity contribution < 1.29 is 17.9 Å². The Labute approximate surface area is 136 Å². The number of carbonyl (C=O) groups excluding carboxylic acids is 1. The van der Waals surface area contributed by atoms with Gasteiger partial charge in [-0.1, -0.05) is 6.07 Å². The van der Waals surface area contributed by atoms with Gasteiger partial charge in [0.05, 0.1) is 19.0 Å².